The fourth-order valence-electron chi connectivity index (χ4n) is 4.14. The van der Waals surface area contributed by atoms with Gasteiger partial charge in [-0.1, -0.05) is 18.2 Å². The van der Waals surface area contributed by atoms with Gasteiger partial charge in [0.15, 0.2) is 17.2 Å². The van der Waals surface area contributed by atoms with Crippen molar-refractivity contribution in [2.45, 2.75) is 44.1 Å². The molecule has 0 radical (unpaired) electrons. The number of carbonyl (C=O) groups excluding carboxylic acids is 1. The van der Waals surface area contributed by atoms with E-state index in [2.05, 4.69) is 4.85 Å². The minimum Gasteiger partial charge on any atom is -0.493 e. The van der Waals surface area contributed by atoms with Gasteiger partial charge in [0.2, 0.25) is 5.91 Å². The molecule has 1 aliphatic heterocycles. The first kappa shape index (κ1) is 18.4. The van der Waals surface area contributed by atoms with Gasteiger partial charge in [-0.3, -0.25) is 4.79 Å². The lowest BCUT2D eigenvalue weighted by atomic mass is 9.98. The molecule has 1 saturated carbocycles. The van der Waals surface area contributed by atoms with Crippen LogP contribution in [0.15, 0.2) is 42.5 Å². The Hall–Kier alpha value is -3.00. The van der Waals surface area contributed by atoms with E-state index in [4.69, 9.17) is 16.0 Å². The zero-order valence-corrected chi connectivity index (χ0v) is 16.1. The minimum atomic E-state index is 0.0845. The molecule has 1 atom stereocenters. The number of rotatable bonds is 5. The van der Waals surface area contributed by atoms with Crippen molar-refractivity contribution in [3.05, 3.63) is 59.4 Å². The van der Waals surface area contributed by atoms with Crippen LogP contribution < -0.4 is 14.4 Å². The van der Waals surface area contributed by atoms with E-state index in [9.17, 15) is 4.79 Å². The van der Waals surface area contributed by atoms with E-state index in [0.29, 0.717) is 18.7 Å². The Morgan fingerprint density at radius 2 is 1.93 bits per heavy atom. The van der Waals surface area contributed by atoms with E-state index in [1.54, 1.807) is 24.1 Å². The molecule has 1 aliphatic carbocycles. The maximum Gasteiger partial charge on any atom is 0.227 e. The number of amides is 1. The van der Waals surface area contributed by atoms with Crippen LogP contribution in [0, 0.1) is 6.57 Å². The highest BCUT2D eigenvalue weighted by Gasteiger charge is 2.32. The smallest absolute Gasteiger partial charge is 0.227 e. The Labute approximate surface area is 165 Å². The molecule has 1 amide bonds. The molecule has 144 valence electrons. The number of hydrogen-bond donors (Lipinski definition) is 0. The van der Waals surface area contributed by atoms with Crippen molar-refractivity contribution >= 4 is 17.3 Å². The Morgan fingerprint density at radius 1 is 1.11 bits per heavy atom. The number of benzene rings is 2. The van der Waals surface area contributed by atoms with Crippen molar-refractivity contribution in [3.63, 3.8) is 0 Å². The average Bonchev–Trinajstić information content (AvgIpc) is 3.37. The highest BCUT2D eigenvalue weighted by molar-refractivity contribution is 5.97. The van der Waals surface area contributed by atoms with Crippen molar-refractivity contribution in [3.8, 4) is 11.5 Å². The number of ether oxygens (including phenoxy) is 2. The Bertz CT molecular complexity index is 912. The summed E-state index contributed by atoms with van der Waals surface area (Å²) < 4.78 is 11.7. The number of methoxy groups -OCH3 is 1. The highest BCUT2D eigenvalue weighted by Crippen LogP contribution is 2.38. The van der Waals surface area contributed by atoms with Crippen LogP contribution in [0.4, 0.5) is 11.4 Å². The molecule has 2 aliphatic rings. The largest absolute Gasteiger partial charge is 0.493 e. The number of carbonyl (C=O) groups is 1. The van der Waals surface area contributed by atoms with Gasteiger partial charge in [0.05, 0.1) is 19.8 Å². The van der Waals surface area contributed by atoms with Gasteiger partial charge in [-0.25, -0.2) is 4.85 Å². The van der Waals surface area contributed by atoms with Gasteiger partial charge < -0.3 is 14.4 Å². The third-order valence-electron chi connectivity index (χ3n) is 5.65. The molecule has 5 heteroatoms. The number of hydrogen-bond acceptors (Lipinski definition) is 3. The summed E-state index contributed by atoms with van der Waals surface area (Å²) in [5.74, 6) is 1.69. The first-order valence-electron chi connectivity index (χ1n) is 9.80. The highest BCUT2D eigenvalue weighted by atomic mass is 16.5. The van der Waals surface area contributed by atoms with E-state index in [0.717, 1.165) is 35.6 Å². The van der Waals surface area contributed by atoms with E-state index in [1.165, 1.54) is 12.8 Å². The monoisotopic (exact) mass is 376 g/mol. The van der Waals surface area contributed by atoms with Gasteiger partial charge >= 0.3 is 0 Å². The summed E-state index contributed by atoms with van der Waals surface area (Å²) in [6.07, 6.45) is 5.30. The van der Waals surface area contributed by atoms with E-state index >= 15 is 0 Å². The standard InChI is InChI=1S/C23H24N2O3/c1-24-18-6-5-7-19(14-18)25-15-17(13-23(25)26)16-10-11-21(27-2)22(12-16)28-20-8-3-4-9-20/h5-7,10-12,14,17,20H,3-4,8-9,13,15H2,2H3/t17-/m1/s1. The van der Waals surface area contributed by atoms with Gasteiger partial charge in [0.25, 0.3) is 0 Å². The number of nitrogens with zero attached hydrogens (tertiary/aromatic N) is 2. The summed E-state index contributed by atoms with van der Waals surface area (Å²) >= 11 is 0. The lowest BCUT2D eigenvalue weighted by Crippen LogP contribution is -2.24. The molecule has 1 saturated heterocycles. The molecule has 2 aromatic rings. The van der Waals surface area contributed by atoms with Gasteiger partial charge in [-0.15, -0.1) is 0 Å². The van der Waals surface area contributed by atoms with Gasteiger partial charge in [-0.2, -0.15) is 0 Å². The van der Waals surface area contributed by atoms with Crippen LogP contribution in [0.25, 0.3) is 4.85 Å². The molecule has 0 N–H and O–H groups in total. The quantitative estimate of drug-likeness (QED) is 0.683. The molecule has 0 spiro atoms. The van der Waals surface area contributed by atoms with Crippen LogP contribution in [0.5, 0.6) is 11.5 Å². The summed E-state index contributed by atoms with van der Waals surface area (Å²) in [6, 6.07) is 13.2. The zero-order valence-electron chi connectivity index (χ0n) is 16.1. The van der Waals surface area contributed by atoms with Crippen molar-refractivity contribution in [2.75, 3.05) is 18.6 Å². The van der Waals surface area contributed by atoms with Gasteiger partial charge in [-0.05, 0) is 55.5 Å². The van der Waals surface area contributed by atoms with Crippen LogP contribution in [-0.4, -0.2) is 25.7 Å². The van der Waals surface area contributed by atoms with Crippen LogP contribution in [0.1, 0.15) is 43.6 Å². The number of anilines is 1. The first-order valence-corrected chi connectivity index (χ1v) is 9.80. The SMILES string of the molecule is [C-]#[N+]c1cccc(N2C[C@H](c3ccc(OC)c(OC4CCCC4)c3)CC2=O)c1. The molecule has 4 rings (SSSR count). The fraction of sp³-hybridized carbons (Fsp3) is 0.391. The second kappa shape index (κ2) is 7.93. The van der Waals surface area contributed by atoms with Crippen molar-refractivity contribution in [1.29, 1.82) is 0 Å². The molecule has 0 unspecified atom stereocenters. The third-order valence-corrected chi connectivity index (χ3v) is 5.65. The topological polar surface area (TPSA) is 43.1 Å². The molecular weight excluding hydrogens is 352 g/mol. The van der Waals surface area contributed by atoms with Crippen molar-refractivity contribution in [1.82, 2.24) is 0 Å². The second-order valence-corrected chi connectivity index (χ2v) is 7.47. The molecule has 28 heavy (non-hydrogen) atoms. The normalized spacial score (nSPS) is 19.6. The average molecular weight is 376 g/mol. The Kier molecular flexibility index (Phi) is 5.21. The van der Waals surface area contributed by atoms with Crippen molar-refractivity contribution < 1.29 is 14.3 Å². The molecule has 0 aromatic heterocycles. The van der Waals surface area contributed by atoms with Gasteiger partial charge in [0.1, 0.15) is 0 Å². The summed E-state index contributed by atoms with van der Waals surface area (Å²) in [5, 5.41) is 0. The maximum atomic E-state index is 12.6. The molecule has 2 fully saturated rings. The predicted octanol–water partition coefficient (Wildman–Crippen LogP) is 5.09. The predicted molar refractivity (Wildman–Crippen MR) is 108 cm³/mol. The fourth-order valence-corrected chi connectivity index (χ4v) is 4.14. The molecule has 0 bridgehead atoms. The molecular formula is C23H24N2O3. The zero-order chi connectivity index (χ0) is 19.5. The van der Waals surface area contributed by atoms with Crippen molar-refractivity contribution in [2.24, 2.45) is 0 Å². The van der Waals surface area contributed by atoms with Crippen LogP contribution in [-0.2, 0) is 4.79 Å². The third kappa shape index (κ3) is 3.68. The lowest BCUT2D eigenvalue weighted by molar-refractivity contribution is -0.117. The summed E-state index contributed by atoms with van der Waals surface area (Å²) in [4.78, 5) is 17.9. The summed E-state index contributed by atoms with van der Waals surface area (Å²) in [5.41, 5.74) is 2.42. The molecule has 1 heterocycles. The lowest BCUT2D eigenvalue weighted by Gasteiger charge is -2.19. The van der Waals surface area contributed by atoms with Gasteiger partial charge in [0, 0.05) is 24.6 Å². The minimum absolute atomic E-state index is 0.0845. The van der Waals surface area contributed by atoms with E-state index in [-0.39, 0.29) is 17.9 Å². The van der Waals surface area contributed by atoms with Crippen LogP contribution in [0.2, 0.25) is 0 Å². The Morgan fingerprint density at radius 3 is 2.68 bits per heavy atom. The van der Waals surface area contributed by atoms with Crippen LogP contribution >= 0.6 is 0 Å². The maximum absolute atomic E-state index is 12.6. The second-order valence-electron chi connectivity index (χ2n) is 7.47. The summed E-state index contributed by atoms with van der Waals surface area (Å²) in [7, 11) is 1.65. The molecule has 5 nitrogen and oxygen atoms in total. The van der Waals surface area contributed by atoms with E-state index < -0.39 is 0 Å². The molecule has 2 aromatic carbocycles. The van der Waals surface area contributed by atoms with E-state index in [1.807, 2.05) is 30.3 Å². The Balaban J connectivity index is 1.55. The first-order chi connectivity index (χ1) is 13.7. The summed E-state index contributed by atoms with van der Waals surface area (Å²) in [6.45, 7) is 7.79. The van der Waals surface area contributed by atoms with Crippen LogP contribution in [0.3, 0.4) is 0 Å².